The summed E-state index contributed by atoms with van der Waals surface area (Å²) in [7, 11) is -2.10. The van der Waals surface area contributed by atoms with Crippen LogP contribution in [0.4, 0.5) is 0 Å². The number of hydrogen-bond donors (Lipinski definition) is 0. The first kappa shape index (κ1) is 16.0. The Hall–Kier alpha value is -2.17. The second-order valence-corrected chi connectivity index (χ2v) is 11.9. The summed E-state index contributed by atoms with van der Waals surface area (Å²) in [6, 6.07) is 34.2. The third-order valence-electron chi connectivity index (χ3n) is 6.52. The van der Waals surface area contributed by atoms with Crippen molar-refractivity contribution in [3.63, 3.8) is 0 Å². The Bertz CT molecular complexity index is 802. The van der Waals surface area contributed by atoms with Gasteiger partial charge in [0.2, 0.25) is 0 Å². The fourth-order valence-corrected chi connectivity index (χ4v) is 11.5. The van der Waals surface area contributed by atoms with Crippen LogP contribution in [0.2, 0.25) is 0 Å². The van der Waals surface area contributed by atoms with Gasteiger partial charge in [-0.25, -0.2) is 0 Å². The minimum absolute atomic E-state index is 0.729. The molecule has 3 unspecified atom stereocenters. The predicted octanol–water partition coefficient (Wildman–Crippen LogP) is 4.68. The molecule has 3 atom stereocenters. The van der Waals surface area contributed by atoms with Crippen molar-refractivity contribution in [2.75, 3.05) is 0 Å². The third-order valence-corrected chi connectivity index (χ3v) is 12.0. The van der Waals surface area contributed by atoms with E-state index in [2.05, 4.69) is 103 Å². The second-order valence-electron chi connectivity index (χ2n) is 7.79. The molecule has 5 rings (SSSR count). The van der Waals surface area contributed by atoms with Crippen LogP contribution in [0, 0.1) is 11.8 Å². The molecule has 26 heavy (non-hydrogen) atoms. The Balaban J connectivity index is 1.82. The van der Waals surface area contributed by atoms with Crippen LogP contribution in [0.25, 0.3) is 0 Å². The van der Waals surface area contributed by atoms with E-state index in [1.807, 2.05) is 0 Å². The van der Waals surface area contributed by atoms with Gasteiger partial charge in [-0.15, -0.1) is 0 Å². The van der Waals surface area contributed by atoms with Gasteiger partial charge in [0.15, 0.2) is 0 Å². The van der Waals surface area contributed by atoms with Gasteiger partial charge < -0.3 is 0 Å². The Morgan fingerprint density at radius 1 is 0.538 bits per heavy atom. The Labute approximate surface area is 156 Å². The summed E-state index contributed by atoms with van der Waals surface area (Å²) >= 11 is 0. The summed E-state index contributed by atoms with van der Waals surface area (Å²) in [5, 5.41) is 4.68. The van der Waals surface area contributed by atoms with Crippen LogP contribution in [-0.2, 0) is 0 Å². The van der Waals surface area contributed by atoms with E-state index in [4.69, 9.17) is 0 Å². The van der Waals surface area contributed by atoms with E-state index in [9.17, 15) is 0 Å². The molecule has 0 amide bonds. The van der Waals surface area contributed by atoms with Gasteiger partial charge >= 0.3 is 157 Å². The standard InChI is InChI=1S/C25H25P/c1-4-10-22(11-5-1)26(23-12-6-2-7-13-23,24-14-8-3-9-15-24)25-19-20-16-17-21(25)18-20/h1-17,20-21,25-26H,18-19H2. The molecule has 0 radical (unpaired) electrons. The maximum atomic E-state index is 2.52. The van der Waals surface area contributed by atoms with Gasteiger partial charge in [0, 0.05) is 0 Å². The van der Waals surface area contributed by atoms with Crippen molar-refractivity contribution in [3.05, 3.63) is 103 Å². The van der Waals surface area contributed by atoms with Crippen LogP contribution in [-0.4, -0.2) is 5.66 Å². The average molecular weight is 356 g/mol. The number of allylic oxidation sites excluding steroid dienone is 2. The van der Waals surface area contributed by atoms with E-state index in [0.717, 1.165) is 17.5 Å². The zero-order chi connectivity index (χ0) is 17.4. The molecule has 0 aliphatic heterocycles. The van der Waals surface area contributed by atoms with Crippen molar-refractivity contribution in [1.82, 2.24) is 0 Å². The molecule has 0 spiro atoms. The maximum absolute atomic E-state index is 2.52. The molecule has 1 heteroatoms. The zero-order valence-corrected chi connectivity index (χ0v) is 16.0. The SMILES string of the molecule is C1=CC2CC1CC2[PH](c1ccccc1)(c1ccccc1)c1ccccc1. The van der Waals surface area contributed by atoms with Crippen molar-refractivity contribution in [2.24, 2.45) is 11.8 Å². The predicted molar refractivity (Wildman–Crippen MR) is 116 cm³/mol. The van der Waals surface area contributed by atoms with Crippen molar-refractivity contribution < 1.29 is 0 Å². The summed E-state index contributed by atoms with van der Waals surface area (Å²) in [4.78, 5) is 0. The number of hydrogen-bond acceptors (Lipinski definition) is 0. The summed E-state index contributed by atoms with van der Waals surface area (Å²) in [6.45, 7) is 0. The molecule has 1 saturated carbocycles. The summed E-state index contributed by atoms with van der Waals surface area (Å²) in [5.74, 6) is 1.51. The van der Waals surface area contributed by atoms with E-state index in [1.54, 1.807) is 15.9 Å². The van der Waals surface area contributed by atoms with Gasteiger partial charge in [-0.05, 0) is 0 Å². The molecule has 130 valence electrons. The normalized spacial score (nSPS) is 24.7. The van der Waals surface area contributed by atoms with Crippen molar-refractivity contribution in [1.29, 1.82) is 0 Å². The molecule has 2 aliphatic carbocycles. The second kappa shape index (κ2) is 6.53. The Kier molecular flexibility index (Phi) is 4.03. The van der Waals surface area contributed by atoms with Crippen LogP contribution in [0.5, 0.6) is 0 Å². The Morgan fingerprint density at radius 2 is 1.00 bits per heavy atom. The molecule has 2 aliphatic rings. The molecular weight excluding hydrogens is 331 g/mol. The van der Waals surface area contributed by atoms with Crippen LogP contribution < -0.4 is 15.9 Å². The first-order valence-electron chi connectivity index (χ1n) is 9.74. The first-order chi connectivity index (χ1) is 12.9. The van der Waals surface area contributed by atoms with Crippen molar-refractivity contribution in [2.45, 2.75) is 18.5 Å². The average Bonchev–Trinajstić information content (AvgIpc) is 3.35. The van der Waals surface area contributed by atoms with Crippen LogP contribution >= 0.6 is 7.26 Å². The van der Waals surface area contributed by atoms with E-state index < -0.39 is 7.26 Å². The van der Waals surface area contributed by atoms with Gasteiger partial charge in [-0.3, -0.25) is 0 Å². The monoisotopic (exact) mass is 356 g/mol. The third kappa shape index (κ3) is 2.40. The quantitative estimate of drug-likeness (QED) is 0.470. The summed E-state index contributed by atoms with van der Waals surface area (Å²) in [6.07, 6.45) is 7.69. The molecule has 0 heterocycles. The molecule has 2 bridgehead atoms. The van der Waals surface area contributed by atoms with Crippen molar-refractivity contribution >= 4 is 23.2 Å². The number of benzene rings is 3. The van der Waals surface area contributed by atoms with Gasteiger partial charge in [0.05, 0.1) is 0 Å². The molecule has 3 aromatic carbocycles. The van der Waals surface area contributed by atoms with E-state index in [1.165, 1.54) is 12.8 Å². The molecular formula is C25H25P. The molecule has 1 fully saturated rings. The van der Waals surface area contributed by atoms with E-state index in [-0.39, 0.29) is 0 Å². The van der Waals surface area contributed by atoms with Crippen LogP contribution in [0.15, 0.2) is 103 Å². The minimum atomic E-state index is -2.10. The van der Waals surface area contributed by atoms with Crippen molar-refractivity contribution in [3.8, 4) is 0 Å². The fraction of sp³-hybridized carbons (Fsp3) is 0.200. The molecule has 0 N–H and O–H groups in total. The number of fused-ring (bicyclic) bond motifs is 2. The van der Waals surface area contributed by atoms with Crippen LogP contribution in [0.3, 0.4) is 0 Å². The topological polar surface area (TPSA) is 0 Å². The van der Waals surface area contributed by atoms with Gasteiger partial charge in [0.1, 0.15) is 0 Å². The summed E-state index contributed by atoms with van der Waals surface area (Å²) < 4.78 is 0. The number of rotatable bonds is 4. The molecule has 3 aromatic rings. The fourth-order valence-electron chi connectivity index (χ4n) is 5.52. The molecule has 0 nitrogen and oxygen atoms in total. The van der Waals surface area contributed by atoms with Gasteiger partial charge in [0.25, 0.3) is 0 Å². The molecule has 0 aromatic heterocycles. The first-order valence-corrected chi connectivity index (χ1v) is 11.8. The van der Waals surface area contributed by atoms with Gasteiger partial charge in [-0.2, -0.15) is 0 Å². The van der Waals surface area contributed by atoms with Crippen LogP contribution in [0.1, 0.15) is 12.8 Å². The van der Waals surface area contributed by atoms with E-state index in [0.29, 0.717) is 0 Å². The van der Waals surface area contributed by atoms with E-state index >= 15 is 0 Å². The summed E-state index contributed by atoms with van der Waals surface area (Å²) in [5.41, 5.74) is 0.740. The molecule has 0 saturated heterocycles. The zero-order valence-electron chi connectivity index (χ0n) is 15.0. The Morgan fingerprint density at radius 3 is 1.35 bits per heavy atom. The van der Waals surface area contributed by atoms with Gasteiger partial charge in [-0.1, -0.05) is 0 Å².